The summed E-state index contributed by atoms with van der Waals surface area (Å²) in [5.41, 5.74) is 0.341. The number of aliphatic hydroxyl groups excluding tert-OH is 1. The molecule has 0 amide bonds. The highest BCUT2D eigenvalue weighted by molar-refractivity contribution is 7.91. The maximum atomic E-state index is 15.6. The molecule has 0 saturated carbocycles. The van der Waals surface area contributed by atoms with Crippen LogP contribution in [0.1, 0.15) is 28.8 Å². The van der Waals surface area contributed by atoms with Crippen molar-refractivity contribution in [3.8, 4) is 0 Å². The lowest BCUT2D eigenvalue weighted by Gasteiger charge is -2.37. The SMILES string of the molecule is CS(=O)(=O)C(O)CCc1cn(C(c2ccccc2)(c2ccccc2)c2ccccc2)c(F)n1. The number of aliphatic hydroxyl groups is 1. The Labute approximate surface area is 193 Å². The summed E-state index contributed by atoms with van der Waals surface area (Å²) in [4.78, 5) is 4.10. The third kappa shape index (κ3) is 4.47. The maximum Gasteiger partial charge on any atom is 0.290 e. The van der Waals surface area contributed by atoms with Gasteiger partial charge in [0.1, 0.15) is 5.54 Å². The first-order valence-electron chi connectivity index (χ1n) is 10.6. The van der Waals surface area contributed by atoms with E-state index in [1.807, 2.05) is 91.0 Å². The van der Waals surface area contributed by atoms with Gasteiger partial charge in [0.05, 0.1) is 5.69 Å². The second-order valence-corrected chi connectivity index (χ2v) is 10.2. The molecule has 4 aromatic rings. The smallest absolute Gasteiger partial charge is 0.290 e. The van der Waals surface area contributed by atoms with E-state index in [2.05, 4.69) is 4.98 Å². The Morgan fingerprint density at radius 3 is 1.70 bits per heavy atom. The molecular weight excluding hydrogens is 439 g/mol. The second-order valence-electron chi connectivity index (χ2n) is 8.00. The van der Waals surface area contributed by atoms with E-state index in [0.717, 1.165) is 22.9 Å². The molecule has 0 radical (unpaired) electrons. The normalized spacial score (nSPS) is 13.1. The van der Waals surface area contributed by atoms with Crippen LogP contribution >= 0.6 is 0 Å². The van der Waals surface area contributed by atoms with Gasteiger partial charge in [-0.25, -0.2) is 13.4 Å². The Morgan fingerprint density at radius 2 is 1.30 bits per heavy atom. The molecule has 33 heavy (non-hydrogen) atoms. The number of benzene rings is 3. The number of hydrogen-bond acceptors (Lipinski definition) is 4. The number of aromatic nitrogens is 2. The van der Waals surface area contributed by atoms with Crippen LogP contribution in [-0.4, -0.2) is 34.8 Å². The summed E-state index contributed by atoms with van der Waals surface area (Å²) in [6, 6.07) is 28.9. The van der Waals surface area contributed by atoms with Crippen molar-refractivity contribution in [3.63, 3.8) is 0 Å². The van der Waals surface area contributed by atoms with E-state index in [0.29, 0.717) is 5.69 Å². The summed E-state index contributed by atoms with van der Waals surface area (Å²) in [6.45, 7) is 0. The molecule has 0 aliphatic carbocycles. The first kappa shape index (κ1) is 22.9. The van der Waals surface area contributed by atoms with E-state index in [-0.39, 0.29) is 12.8 Å². The van der Waals surface area contributed by atoms with Crippen molar-refractivity contribution in [1.82, 2.24) is 9.55 Å². The van der Waals surface area contributed by atoms with Gasteiger partial charge in [-0.05, 0) is 29.5 Å². The first-order chi connectivity index (χ1) is 15.8. The molecule has 1 unspecified atom stereocenters. The van der Waals surface area contributed by atoms with Gasteiger partial charge in [-0.1, -0.05) is 91.0 Å². The van der Waals surface area contributed by atoms with Crippen molar-refractivity contribution >= 4 is 9.84 Å². The van der Waals surface area contributed by atoms with Gasteiger partial charge >= 0.3 is 0 Å². The van der Waals surface area contributed by atoms with E-state index in [9.17, 15) is 13.5 Å². The van der Waals surface area contributed by atoms with Crippen LogP contribution in [0, 0.1) is 6.08 Å². The van der Waals surface area contributed by atoms with Gasteiger partial charge < -0.3 is 5.11 Å². The van der Waals surface area contributed by atoms with Crippen LogP contribution in [-0.2, 0) is 21.8 Å². The fourth-order valence-corrected chi connectivity index (χ4v) is 4.75. The molecule has 3 aromatic carbocycles. The van der Waals surface area contributed by atoms with Gasteiger partial charge in [-0.2, -0.15) is 4.39 Å². The first-order valence-corrected chi connectivity index (χ1v) is 12.6. The molecule has 5 nitrogen and oxygen atoms in total. The van der Waals surface area contributed by atoms with Crippen LogP contribution in [0.3, 0.4) is 0 Å². The van der Waals surface area contributed by atoms with Gasteiger partial charge in [0.2, 0.25) is 0 Å². The monoisotopic (exact) mass is 464 g/mol. The Bertz CT molecular complexity index is 1210. The van der Waals surface area contributed by atoms with Crippen molar-refractivity contribution in [2.75, 3.05) is 6.26 Å². The molecule has 0 saturated heterocycles. The fourth-order valence-electron chi connectivity index (χ4n) is 4.20. The van der Waals surface area contributed by atoms with Crippen molar-refractivity contribution in [2.24, 2.45) is 0 Å². The van der Waals surface area contributed by atoms with Gasteiger partial charge in [0.15, 0.2) is 15.3 Å². The third-order valence-electron chi connectivity index (χ3n) is 5.79. The molecule has 170 valence electrons. The standard InChI is InChI=1S/C26H25FN2O3S/c1-33(31,32)24(30)18-17-23-19-29(25(27)28-23)26(20-11-5-2-6-12-20,21-13-7-3-8-14-21)22-15-9-4-10-16-22/h2-16,19,24,30H,17-18H2,1H3. The number of sulfone groups is 1. The van der Waals surface area contributed by atoms with E-state index >= 15 is 4.39 Å². The molecule has 0 spiro atoms. The van der Waals surface area contributed by atoms with Gasteiger partial charge in [-0.15, -0.1) is 0 Å². The second kappa shape index (κ2) is 9.29. The van der Waals surface area contributed by atoms with Crippen molar-refractivity contribution in [3.05, 3.63) is 126 Å². The van der Waals surface area contributed by atoms with Gasteiger partial charge in [0, 0.05) is 12.5 Å². The zero-order valence-corrected chi connectivity index (χ0v) is 19.0. The molecule has 4 rings (SSSR count). The number of aryl methyl sites for hydroxylation is 1. The molecular formula is C26H25FN2O3S. The molecule has 1 N–H and O–H groups in total. The fraction of sp³-hybridized carbons (Fsp3) is 0.192. The quantitative estimate of drug-likeness (QED) is 0.398. The van der Waals surface area contributed by atoms with Crippen LogP contribution in [0.4, 0.5) is 4.39 Å². The zero-order chi connectivity index (χ0) is 23.5. The Hall–Kier alpha value is -3.29. The van der Waals surface area contributed by atoms with Crippen LogP contribution in [0.2, 0.25) is 0 Å². The summed E-state index contributed by atoms with van der Waals surface area (Å²) in [7, 11) is -3.61. The Kier molecular flexibility index (Phi) is 6.44. The van der Waals surface area contributed by atoms with E-state index in [4.69, 9.17) is 0 Å². The average Bonchev–Trinajstić information content (AvgIpc) is 3.20. The zero-order valence-electron chi connectivity index (χ0n) is 18.2. The van der Waals surface area contributed by atoms with Crippen molar-refractivity contribution < 1.29 is 17.9 Å². The molecule has 0 fully saturated rings. The number of halogens is 1. The highest BCUT2D eigenvalue weighted by atomic mass is 32.2. The summed E-state index contributed by atoms with van der Waals surface area (Å²) in [5.74, 6) is 0. The van der Waals surface area contributed by atoms with Gasteiger partial charge in [0.25, 0.3) is 6.08 Å². The minimum Gasteiger partial charge on any atom is -0.377 e. The number of rotatable bonds is 8. The average molecular weight is 465 g/mol. The number of nitrogens with zero attached hydrogens (tertiary/aromatic N) is 2. The summed E-state index contributed by atoms with van der Waals surface area (Å²) in [5, 5.41) is 9.90. The predicted octanol–water partition coefficient (Wildman–Crippen LogP) is 4.16. The number of hydrogen-bond donors (Lipinski definition) is 1. The summed E-state index contributed by atoms with van der Waals surface area (Å²) < 4.78 is 40.3. The molecule has 0 bridgehead atoms. The van der Waals surface area contributed by atoms with Crippen molar-refractivity contribution in [2.45, 2.75) is 23.8 Å². The largest absolute Gasteiger partial charge is 0.377 e. The minimum absolute atomic E-state index is 0.0652. The van der Waals surface area contributed by atoms with Crippen LogP contribution in [0.15, 0.2) is 97.2 Å². The molecule has 1 heterocycles. The lowest BCUT2D eigenvalue weighted by Crippen LogP contribution is -2.38. The van der Waals surface area contributed by atoms with Crippen molar-refractivity contribution in [1.29, 1.82) is 0 Å². The topological polar surface area (TPSA) is 72.2 Å². The van der Waals surface area contributed by atoms with E-state index in [1.165, 1.54) is 4.57 Å². The third-order valence-corrected chi connectivity index (χ3v) is 7.01. The lowest BCUT2D eigenvalue weighted by molar-refractivity contribution is 0.239. The lowest BCUT2D eigenvalue weighted by atomic mass is 9.76. The molecule has 0 aliphatic heterocycles. The van der Waals surface area contributed by atoms with E-state index < -0.39 is 26.9 Å². The number of imidazole rings is 1. The predicted molar refractivity (Wildman–Crippen MR) is 126 cm³/mol. The summed E-state index contributed by atoms with van der Waals surface area (Å²) >= 11 is 0. The van der Waals surface area contributed by atoms with E-state index in [1.54, 1.807) is 6.20 Å². The van der Waals surface area contributed by atoms with Gasteiger partial charge in [-0.3, -0.25) is 4.57 Å². The molecule has 1 aromatic heterocycles. The van der Waals surface area contributed by atoms with Crippen LogP contribution in [0.25, 0.3) is 0 Å². The Balaban J connectivity index is 1.92. The highest BCUT2D eigenvalue weighted by Crippen LogP contribution is 2.41. The highest BCUT2D eigenvalue weighted by Gasteiger charge is 2.40. The van der Waals surface area contributed by atoms with Crippen LogP contribution in [0.5, 0.6) is 0 Å². The minimum atomic E-state index is -3.61. The molecule has 1 atom stereocenters. The maximum absolute atomic E-state index is 15.6. The molecule has 0 aliphatic rings. The van der Waals surface area contributed by atoms with Crippen LogP contribution < -0.4 is 0 Å². The summed E-state index contributed by atoms with van der Waals surface area (Å²) in [6.07, 6.45) is 1.94. The Morgan fingerprint density at radius 1 is 0.879 bits per heavy atom. The molecule has 7 heteroatoms.